The first-order valence-corrected chi connectivity index (χ1v) is 7.63. The molecule has 0 aliphatic rings. The van der Waals surface area contributed by atoms with Crippen molar-refractivity contribution in [3.8, 4) is 0 Å². The molecular weight excluding hydrogens is 245 g/mol. The van der Waals surface area contributed by atoms with Gasteiger partial charge in [0, 0.05) is 18.3 Å². The highest BCUT2D eigenvalue weighted by atomic mass is 32.4. The molecule has 0 spiro atoms. The lowest BCUT2D eigenvalue weighted by Gasteiger charge is -2.16. The largest absolute Gasteiger partial charge is 0.481 e. The van der Waals surface area contributed by atoms with Gasteiger partial charge in [0.25, 0.3) is 0 Å². The molecule has 0 bridgehead atoms. The molecule has 0 fully saturated rings. The van der Waals surface area contributed by atoms with E-state index >= 15 is 0 Å². The predicted molar refractivity (Wildman–Crippen MR) is 67.5 cm³/mol. The first-order chi connectivity index (χ1) is 7.52. The molecule has 0 saturated carbocycles. The van der Waals surface area contributed by atoms with E-state index in [1.807, 2.05) is 18.2 Å². The van der Waals surface area contributed by atoms with Gasteiger partial charge in [-0.15, -0.1) is 0 Å². The Kier molecular flexibility index (Phi) is 5.09. The van der Waals surface area contributed by atoms with Crippen LogP contribution in [0, 0.1) is 0 Å². The Labute approximate surface area is 99.5 Å². The van der Waals surface area contributed by atoms with Crippen LogP contribution in [0.25, 0.3) is 0 Å². The van der Waals surface area contributed by atoms with Crippen LogP contribution in [-0.2, 0) is 16.6 Å². The van der Waals surface area contributed by atoms with Gasteiger partial charge in [-0.05, 0) is 18.2 Å². The second kappa shape index (κ2) is 6.11. The lowest BCUT2D eigenvalue weighted by molar-refractivity contribution is -0.137. The van der Waals surface area contributed by atoms with Crippen LogP contribution in [0.2, 0.25) is 0 Å². The number of carboxylic acids is 1. The predicted octanol–water partition coefficient (Wildman–Crippen LogP) is 1.07. The van der Waals surface area contributed by atoms with Crippen LogP contribution in [0.15, 0.2) is 30.3 Å². The van der Waals surface area contributed by atoms with Crippen LogP contribution < -0.4 is 10.4 Å². The van der Waals surface area contributed by atoms with Gasteiger partial charge < -0.3 is 10.00 Å². The fourth-order valence-electron chi connectivity index (χ4n) is 1.19. The third-order valence-corrected chi connectivity index (χ3v) is 4.67. The molecule has 1 unspecified atom stereocenters. The van der Waals surface area contributed by atoms with Gasteiger partial charge in [0.2, 0.25) is 0 Å². The number of hydrogen-bond donors (Lipinski definition) is 3. The Balaban J connectivity index is 2.47. The van der Waals surface area contributed by atoms with Crippen LogP contribution in [0.5, 0.6) is 0 Å². The van der Waals surface area contributed by atoms with E-state index in [9.17, 15) is 9.69 Å². The molecule has 1 rings (SSSR count). The number of carbonyl (C=O) groups is 1. The van der Waals surface area contributed by atoms with Crippen LogP contribution in [0.1, 0.15) is 12.8 Å². The molecule has 1 aromatic carbocycles. The number of benzene rings is 1. The molecule has 1 atom stereocenters. The molecule has 3 N–H and O–H groups in total. The van der Waals surface area contributed by atoms with E-state index in [0.29, 0.717) is 18.3 Å². The molecular formula is C10H14NO3PS. The van der Waals surface area contributed by atoms with Crippen molar-refractivity contribution < 1.29 is 14.8 Å². The molecule has 88 valence electrons. The maximum atomic E-state index is 10.3. The zero-order valence-electron chi connectivity index (χ0n) is 8.67. The average molecular weight is 259 g/mol. The summed E-state index contributed by atoms with van der Waals surface area (Å²) in [6, 6.07) is 9.01. The molecule has 16 heavy (non-hydrogen) atoms. The van der Waals surface area contributed by atoms with E-state index in [1.54, 1.807) is 12.1 Å². The van der Waals surface area contributed by atoms with Crippen molar-refractivity contribution in [3.63, 3.8) is 0 Å². The highest BCUT2D eigenvalue weighted by Crippen LogP contribution is 2.33. The second-order valence-electron chi connectivity index (χ2n) is 3.32. The van der Waals surface area contributed by atoms with E-state index in [2.05, 4.69) is 5.09 Å². The van der Waals surface area contributed by atoms with Crippen LogP contribution >= 0.6 is 6.42 Å². The highest BCUT2D eigenvalue weighted by Gasteiger charge is 2.14. The van der Waals surface area contributed by atoms with Crippen molar-refractivity contribution in [2.75, 3.05) is 6.54 Å². The molecule has 0 saturated heterocycles. The summed E-state index contributed by atoms with van der Waals surface area (Å²) in [6.07, 6.45) is -2.17. The maximum Gasteiger partial charge on any atom is 0.303 e. The average Bonchev–Trinajstić information content (AvgIpc) is 2.26. The van der Waals surface area contributed by atoms with E-state index in [0.717, 1.165) is 0 Å². The van der Waals surface area contributed by atoms with Crippen LogP contribution in [0.4, 0.5) is 0 Å². The fraction of sp³-hybridized carbons (Fsp3) is 0.300. The van der Waals surface area contributed by atoms with Crippen LogP contribution in [0.3, 0.4) is 0 Å². The topological polar surface area (TPSA) is 69.6 Å². The SMILES string of the molecule is O=C(O)CCCNP(O)(=S)c1ccccc1. The first kappa shape index (κ1) is 13.3. The summed E-state index contributed by atoms with van der Waals surface area (Å²) in [6.45, 7) is 0.412. The van der Waals surface area contributed by atoms with Crippen molar-refractivity contribution in [2.45, 2.75) is 12.8 Å². The standard InChI is InChI=1S/C10H14NO3PS/c12-10(13)7-4-8-11-15(14,16)9-5-2-1-3-6-9/h1-3,5-6H,4,7-8H2,(H,12,13)(H2,11,14,16). The molecule has 0 aliphatic carbocycles. The molecule has 0 radical (unpaired) electrons. The van der Waals surface area contributed by atoms with E-state index < -0.39 is 12.4 Å². The van der Waals surface area contributed by atoms with Gasteiger partial charge >= 0.3 is 5.97 Å². The summed E-state index contributed by atoms with van der Waals surface area (Å²) in [7, 11) is 0. The Bertz CT molecular complexity index is 396. The Hall–Kier alpha value is -0.740. The monoisotopic (exact) mass is 259 g/mol. The Morgan fingerprint density at radius 3 is 2.56 bits per heavy atom. The number of rotatable bonds is 6. The summed E-state index contributed by atoms with van der Waals surface area (Å²) in [5.41, 5.74) is 0. The number of aliphatic carboxylic acids is 1. The molecule has 1 aromatic rings. The lowest BCUT2D eigenvalue weighted by atomic mass is 10.3. The number of nitrogens with one attached hydrogen (secondary N) is 1. The third-order valence-electron chi connectivity index (χ3n) is 2.00. The van der Waals surface area contributed by atoms with Gasteiger partial charge in [0.05, 0.1) is 0 Å². The summed E-state index contributed by atoms with van der Waals surface area (Å²) >= 11 is 5.10. The first-order valence-electron chi connectivity index (χ1n) is 4.88. The summed E-state index contributed by atoms with van der Waals surface area (Å²) in [5.74, 6) is -0.840. The van der Waals surface area contributed by atoms with E-state index in [-0.39, 0.29) is 6.42 Å². The zero-order chi connectivity index (χ0) is 12.0. The van der Waals surface area contributed by atoms with Crippen molar-refractivity contribution in [3.05, 3.63) is 30.3 Å². The van der Waals surface area contributed by atoms with Gasteiger partial charge in [-0.3, -0.25) is 9.88 Å². The van der Waals surface area contributed by atoms with Crippen LogP contribution in [-0.4, -0.2) is 22.5 Å². The molecule has 0 amide bonds. The smallest absolute Gasteiger partial charge is 0.303 e. The van der Waals surface area contributed by atoms with E-state index in [4.69, 9.17) is 16.9 Å². The van der Waals surface area contributed by atoms with Gasteiger partial charge in [-0.1, -0.05) is 30.3 Å². The summed E-state index contributed by atoms with van der Waals surface area (Å²) in [5, 5.41) is 12.0. The lowest BCUT2D eigenvalue weighted by Crippen LogP contribution is -2.20. The molecule has 0 aliphatic heterocycles. The minimum absolute atomic E-state index is 0.0805. The van der Waals surface area contributed by atoms with E-state index in [1.165, 1.54) is 0 Å². The molecule has 4 nitrogen and oxygen atoms in total. The summed E-state index contributed by atoms with van der Waals surface area (Å²) < 4.78 is 0. The molecule has 6 heteroatoms. The van der Waals surface area contributed by atoms with Crippen molar-refractivity contribution >= 4 is 29.5 Å². The highest BCUT2D eigenvalue weighted by molar-refractivity contribution is 8.14. The second-order valence-corrected chi connectivity index (χ2v) is 6.89. The van der Waals surface area contributed by atoms with Crippen molar-refractivity contribution in [1.82, 2.24) is 5.09 Å². The van der Waals surface area contributed by atoms with Crippen molar-refractivity contribution in [1.29, 1.82) is 0 Å². The molecule has 0 aromatic heterocycles. The fourth-order valence-corrected chi connectivity index (χ4v) is 3.05. The normalized spacial score (nSPS) is 14.3. The zero-order valence-corrected chi connectivity index (χ0v) is 10.4. The van der Waals surface area contributed by atoms with Gasteiger partial charge in [0.15, 0.2) is 6.42 Å². The minimum atomic E-state index is -2.71. The Morgan fingerprint density at radius 1 is 1.38 bits per heavy atom. The quantitative estimate of drug-likeness (QED) is 0.526. The minimum Gasteiger partial charge on any atom is -0.481 e. The summed E-state index contributed by atoms with van der Waals surface area (Å²) in [4.78, 5) is 20.3. The molecule has 0 heterocycles. The van der Waals surface area contributed by atoms with Gasteiger partial charge in [-0.25, -0.2) is 0 Å². The number of carboxylic acid groups (broad SMARTS) is 1. The number of hydrogen-bond acceptors (Lipinski definition) is 2. The third kappa shape index (κ3) is 4.41. The van der Waals surface area contributed by atoms with Crippen molar-refractivity contribution in [2.24, 2.45) is 0 Å². The maximum absolute atomic E-state index is 10.3. The van der Waals surface area contributed by atoms with Gasteiger partial charge in [-0.2, -0.15) is 0 Å². The Morgan fingerprint density at radius 2 is 2.00 bits per heavy atom. The van der Waals surface area contributed by atoms with Gasteiger partial charge in [0.1, 0.15) is 0 Å².